The quantitative estimate of drug-likeness (QED) is 0.0679. The fourth-order valence-electron chi connectivity index (χ4n) is 6.04. The summed E-state index contributed by atoms with van der Waals surface area (Å²) >= 11 is 2.29. The number of unbranched alkanes of at least 4 members (excludes halogenated alkanes) is 1. The molecular formula is C33H63F2IO5Si2. The van der Waals surface area contributed by atoms with Gasteiger partial charge in [0.25, 0.3) is 0 Å². The molecule has 0 spiro atoms. The predicted molar refractivity (Wildman–Crippen MR) is 187 cm³/mol. The molecule has 43 heavy (non-hydrogen) atoms. The molecule has 1 saturated carbocycles. The Bertz CT molecular complexity index is 878. The van der Waals surface area contributed by atoms with Gasteiger partial charge in [0, 0.05) is 16.3 Å². The van der Waals surface area contributed by atoms with Gasteiger partial charge in [0.15, 0.2) is 16.6 Å². The van der Waals surface area contributed by atoms with E-state index < -0.39 is 41.2 Å². The highest BCUT2D eigenvalue weighted by Crippen LogP contribution is 2.52. The van der Waals surface area contributed by atoms with Crippen LogP contribution in [0.25, 0.3) is 0 Å². The van der Waals surface area contributed by atoms with Crippen molar-refractivity contribution in [3.05, 3.63) is 0 Å². The molecule has 2 fully saturated rings. The lowest BCUT2D eigenvalue weighted by Gasteiger charge is -2.42. The first-order valence-electron chi connectivity index (χ1n) is 16.7. The molecule has 0 amide bonds. The largest absolute Gasteiger partial charge is 0.469 e. The van der Waals surface area contributed by atoms with E-state index in [1.807, 2.05) is 0 Å². The molecule has 10 heteroatoms. The Labute approximate surface area is 278 Å². The lowest BCUT2D eigenvalue weighted by Crippen LogP contribution is -2.47. The Hall–Kier alpha value is 0.374. The van der Waals surface area contributed by atoms with Gasteiger partial charge in [-0.15, -0.1) is 0 Å². The molecule has 0 aromatic heterocycles. The zero-order valence-electron chi connectivity index (χ0n) is 29.2. The van der Waals surface area contributed by atoms with Crippen molar-refractivity contribution in [1.29, 1.82) is 0 Å². The van der Waals surface area contributed by atoms with Crippen LogP contribution in [0.5, 0.6) is 0 Å². The third kappa shape index (κ3) is 10.4. The van der Waals surface area contributed by atoms with Crippen LogP contribution in [0.15, 0.2) is 0 Å². The lowest BCUT2D eigenvalue weighted by molar-refractivity contribution is -0.140. The molecule has 1 aliphatic heterocycles. The summed E-state index contributed by atoms with van der Waals surface area (Å²) in [5.74, 6) is -0.573. The first-order chi connectivity index (χ1) is 19.7. The van der Waals surface area contributed by atoms with E-state index in [-0.39, 0.29) is 44.0 Å². The Morgan fingerprint density at radius 1 is 1.00 bits per heavy atom. The third-order valence-electron chi connectivity index (χ3n) is 10.9. The number of carbonyl (C=O) groups is 1. The smallest absolute Gasteiger partial charge is 0.305 e. The van der Waals surface area contributed by atoms with Crippen LogP contribution in [-0.4, -0.2) is 70.4 Å². The average molecular weight is 761 g/mol. The Balaban J connectivity index is 2.30. The first kappa shape index (κ1) is 39.6. The summed E-state index contributed by atoms with van der Waals surface area (Å²) in [5.41, 5.74) is 0. The molecule has 0 unspecified atom stereocenters. The van der Waals surface area contributed by atoms with Crippen LogP contribution in [0.4, 0.5) is 8.78 Å². The van der Waals surface area contributed by atoms with E-state index in [0.717, 1.165) is 12.8 Å². The van der Waals surface area contributed by atoms with E-state index in [2.05, 4.69) is 97.2 Å². The minimum atomic E-state index is -2.21. The predicted octanol–water partition coefficient (Wildman–Crippen LogP) is 9.96. The second-order valence-electron chi connectivity index (χ2n) is 16.1. The maximum Gasteiger partial charge on any atom is 0.305 e. The molecule has 9 atom stereocenters. The highest BCUT2D eigenvalue weighted by molar-refractivity contribution is 14.1. The second-order valence-corrected chi connectivity index (χ2v) is 27.2. The first-order valence-corrected chi connectivity index (χ1v) is 23.7. The lowest BCUT2D eigenvalue weighted by atomic mass is 9.84. The molecule has 1 saturated heterocycles. The zero-order chi connectivity index (χ0) is 33.0. The SMILES string of the molecule is CCCC[C@H](F)[C@@H](CC[C@@H]1[C@H]2[C@H](F)[C@H]([C@H](I)CCCC(=O)OC)O[C@@H]2C[C@H]1O[Si](C)(C)C(C)(C)C)O[Si](C)(C)C(C)(C)C. The second kappa shape index (κ2) is 16.0. The van der Waals surface area contributed by atoms with E-state index in [0.29, 0.717) is 44.9 Å². The summed E-state index contributed by atoms with van der Waals surface area (Å²) in [4.78, 5) is 11.6. The maximum atomic E-state index is 16.4. The van der Waals surface area contributed by atoms with Crippen LogP contribution in [0.1, 0.15) is 106 Å². The van der Waals surface area contributed by atoms with Gasteiger partial charge in [-0.2, -0.15) is 0 Å². The number of ether oxygens (including phenoxy) is 2. The topological polar surface area (TPSA) is 54.0 Å². The Morgan fingerprint density at radius 2 is 1.60 bits per heavy atom. The van der Waals surface area contributed by atoms with E-state index in [9.17, 15) is 4.79 Å². The van der Waals surface area contributed by atoms with Crippen molar-refractivity contribution < 1.29 is 31.9 Å². The van der Waals surface area contributed by atoms with Crippen molar-refractivity contribution in [3.63, 3.8) is 0 Å². The van der Waals surface area contributed by atoms with Gasteiger partial charge in [0.1, 0.15) is 18.4 Å². The minimum absolute atomic E-state index is 0.0259. The number of rotatable bonds is 16. The van der Waals surface area contributed by atoms with Gasteiger partial charge in [-0.1, -0.05) is 83.9 Å². The van der Waals surface area contributed by atoms with Gasteiger partial charge < -0.3 is 18.3 Å². The number of fused-ring (bicyclic) bond motifs is 1. The van der Waals surface area contributed by atoms with Crippen molar-refractivity contribution in [2.45, 2.75) is 183 Å². The summed E-state index contributed by atoms with van der Waals surface area (Å²) in [7, 11) is -2.96. The monoisotopic (exact) mass is 760 g/mol. The molecule has 0 N–H and O–H groups in total. The highest BCUT2D eigenvalue weighted by atomic mass is 127. The molecule has 5 nitrogen and oxygen atoms in total. The molecule has 0 radical (unpaired) electrons. The summed E-state index contributed by atoms with van der Waals surface area (Å²) in [6, 6.07) is 0. The van der Waals surface area contributed by atoms with Crippen LogP contribution in [0, 0.1) is 11.8 Å². The maximum absolute atomic E-state index is 16.4. The summed E-state index contributed by atoms with van der Waals surface area (Å²) in [5, 5.41) is 0.000733. The number of carbonyl (C=O) groups excluding carboxylic acids is 1. The van der Waals surface area contributed by atoms with Crippen LogP contribution in [-0.2, 0) is 23.1 Å². The summed E-state index contributed by atoms with van der Waals surface area (Å²) in [6.45, 7) is 24.2. The third-order valence-corrected chi connectivity index (χ3v) is 21.2. The normalized spacial score (nSPS) is 28.9. The summed E-state index contributed by atoms with van der Waals surface area (Å²) < 4.78 is 57.2. The van der Waals surface area contributed by atoms with Gasteiger partial charge in [-0.05, 0) is 80.7 Å². The molecule has 0 aromatic rings. The van der Waals surface area contributed by atoms with Crippen molar-refractivity contribution in [2.75, 3.05) is 7.11 Å². The van der Waals surface area contributed by atoms with Gasteiger partial charge >= 0.3 is 5.97 Å². The fourth-order valence-corrected chi connectivity index (χ4v) is 9.80. The van der Waals surface area contributed by atoms with Crippen LogP contribution in [0.2, 0.25) is 36.3 Å². The van der Waals surface area contributed by atoms with E-state index in [4.69, 9.17) is 18.3 Å². The molecule has 2 aliphatic rings. The molecule has 254 valence electrons. The number of alkyl halides is 3. The molecule has 2 rings (SSSR count). The van der Waals surface area contributed by atoms with E-state index >= 15 is 8.78 Å². The molecule has 1 aliphatic carbocycles. The number of halogens is 3. The van der Waals surface area contributed by atoms with E-state index in [1.54, 1.807) is 0 Å². The van der Waals surface area contributed by atoms with Crippen molar-refractivity contribution in [3.8, 4) is 0 Å². The molecular weight excluding hydrogens is 697 g/mol. The van der Waals surface area contributed by atoms with Crippen molar-refractivity contribution >= 4 is 45.2 Å². The fraction of sp³-hybridized carbons (Fsp3) is 0.970. The van der Waals surface area contributed by atoms with E-state index in [1.165, 1.54) is 7.11 Å². The van der Waals surface area contributed by atoms with Crippen LogP contribution >= 0.6 is 22.6 Å². The average Bonchev–Trinajstić information content (AvgIpc) is 3.38. The van der Waals surface area contributed by atoms with Gasteiger partial charge in [0.05, 0.1) is 25.4 Å². The number of hydrogen-bond donors (Lipinski definition) is 0. The number of hydrogen-bond acceptors (Lipinski definition) is 5. The van der Waals surface area contributed by atoms with Crippen molar-refractivity contribution in [1.82, 2.24) is 0 Å². The molecule has 0 aromatic carbocycles. The highest BCUT2D eigenvalue weighted by Gasteiger charge is 2.58. The number of esters is 1. The van der Waals surface area contributed by atoms with Gasteiger partial charge in [-0.3, -0.25) is 4.79 Å². The Morgan fingerprint density at radius 3 is 2.14 bits per heavy atom. The minimum Gasteiger partial charge on any atom is -0.469 e. The van der Waals surface area contributed by atoms with Crippen LogP contribution in [0.3, 0.4) is 0 Å². The molecule has 1 heterocycles. The van der Waals surface area contributed by atoms with Crippen LogP contribution < -0.4 is 0 Å². The zero-order valence-corrected chi connectivity index (χ0v) is 33.4. The Kier molecular flexibility index (Phi) is 14.7. The number of methoxy groups -OCH3 is 1. The van der Waals surface area contributed by atoms with Gasteiger partial charge in [-0.25, -0.2) is 8.78 Å². The van der Waals surface area contributed by atoms with Gasteiger partial charge in [0.2, 0.25) is 0 Å². The molecule has 0 bridgehead atoms. The van der Waals surface area contributed by atoms with Crippen molar-refractivity contribution in [2.24, 2.45) is 11.8 Å². The summed E-state index contributed by atoms with van der Waals surface area (Å²) in [6.07, 6.45) is 2.36. The standard InChI is InChI=1S/C33H63F2IO5Si2/c1-13-14-16-23(34)25(40-42(9,10)32(2,3)4)20-19-22-26(41-43(11,12)33(5,6)7)21-27-29(22)30(35)31(39-27)24(36)17-15-18-28(37)38-8/h22-27,29-31H,13-21H2,1-12H3/t22-,23-,24+,25+,26+,27+,29+,30-,31-/m0/s1.